The molecule has 3 aliphatic rings. The quantitative estimate of drug-likeness (QED) is 0.371. The first-order valence-corrected chi connectivity index (χ1v) is 15.1. The van der Waals surface area contributed by atoms with Crippen molar-refractivity contribution >= 4 is 35.0 Å². The lowest BCUT2D eigenvalue weighted by Crippen LogP contribution is -2.47. The Morgan fingerprint density at radius 2 is 1.73 bits per heavy atom. The summed E-state index contributed by atoms with van der Waals surface area (Å²) in [5.74, 6) is 6.60. The van der Waals surface area contributed by atoms with E-state index < -0.39 is 0 Å². The number of benzene rings is 1. The number of carbonyl (C=O) groups excluding carboxylic acids is 2. The molecule has 1 aromatic carbocycles. The second kappa shape index (κ2) is 13.3. The molecule has 226 valence electrons. The average molecular weight is 593 g/mol. The maximum Gasteiger partial charge on any atom is 0.259 e. The van der Waals surface area contributed by atoms with Crippen molar-refractivity contribution < 1.29 is 14.7 Å². The molecule has 1 aliphatic heterocycles. The number of carbonyl (C=O) groups is 2. The minimum absolute atomic E-state index is 0.0978. The molecule has 2 saturated carbocycles. The second-order valence-electron chi connectivity index (χ2n) is 11.6. The number of likely N-dealkylation sites (N-methyl/N-ethyl adjacent to an activating group) is 1. The van der Waals surface area contributed by atoms with Gasteiger partial charge in [-0.3, -0.25) is 9.59 Å². The molecule has 3 aromatic rings. The summed E-state index contributed by atoms with van der Waals surface area (Å²) in [6, 6.07) is 11.2. The van der Waals surface area contributed by atoms with Gasteiger partial charge in [-0.2, -0.15) is 4.98 Å². The van der Waals surface area contributed by atoms with Gasteiger partial charge in [0.15, 0.2) is 5.82 Å². The lowest BCUT2D eigenvalue weighted by molar-refractivity contribution is 0.0664. The number of hydrogen-bond donors (Lipinski definition) is 3. The zero-order valence-corrected chi connectivity index (χ0v) is 24.8. The van der Waals surface area contributed by atoms with Crippen LogP contribution in [-0.2, 0) is 0 Å². The van der Waals surface area contributed by atoms with Crippen LogP contribution in [-0.4, -0.2) is 92.8 Å². The van der Waals surface area contributed by atoms with Crippen LogP contribution in [0.3, 0.4) is 0 Å². The fourth-order valence-electron chi connectivity index (χ4n) is 5.09. The largest absolute Gasteiger partial charge is 0.393 e. The monoisotopic (exact) mass is 592 g/mol. The molecule has 3 fully saturated rings. The number of aliphatic imine (C=N–C) groups is 1. The number of hydrogen-bond acceptors (Lipinski definition) is 9. The van der Waals surface area contributed by atoms with Gasteiger partial charge < -0.3 is 25.5 Å². The van der Waals surface area contributed by atoms with Crippen molar-refractivity contribution in [1.82, 2.24) is 30.1 Å². The number of aromatic nitrogens is 3. The van der Waals surface area contributed by atoms with E-state index in [-0.39, 0.29) is 24.0 Å². The first-order valence-electron chi connectivity index (χ1n) is 15.1. The van der Waals surface area contributed by atoms with Crippen molar-refractivity contribution in [2.75, 3.05) is 38.5 Å². The normalized spacial score (nSPS) is 18.6. The van der Waals surface area contributed by atoms with E-state index in [0.29, 0.717) is 67.4 Å². The fourth-order valence-corrected chi connectivity index (χ4v) is 5.09. The Morgan fingerprint density at radius 3 is 2.45 bits per heavy atom. The molecule has 6 rings (SSSR count). The van der Waals surface area contributed by atoms with Gasteiger partial charge >= 0.3 is 0 Å². The highest BCUT2D eigenvalue weighted by molar-refractivity contribution is 6.00. The number of aliphatic hydroxyl groups is 1. The summed E-state index contributed by atoms with van der Waals surface area (Å²) in [5.41, 5.74) is 3.93. The van der Waals surface area contributed by atoms with Gasteiger partial charge in [-0.15, -0.1) is 0 Å². The van der Waals surface area contributed by atoms with Gasteiger partial charge in [0.2, 0.25) is 5.95 Å². The summed E-state index contributed by atoms with van der Waals surface area (Å²) < 4.78 is 0. The van der Waals surface area contributed by atoms with Crippen LogP contribution >= 0.6 is 0 Å². The SMILES string of the molecule is CN1CCN(C(=O)c2cnc(Nc3ccc(C#Cc4cc(C(=O)NC5CC5)ccn4)cc3)nc2N=C2CCC(O)CC2)CC1. The molecular formula is C33H36N8O3. The summed E-state index contributed by atoms with van der Waals surface area (Å²) >= 11 is 0. The lowest BCUT2D eigenvalue weighted by Gasteiger charge is -2.32. The average Bonchev–Trinajstić information content (AvgIpc) is 3.86. The number of aliphatic hydroxyl groups excluding tert-OH is 1. The van der Waals surface area contributed by atoms with Crippen molar-refractivity contribution in [3.8, 4) is 11.8 Å². The molecule has 1 saturated heterocycles. The van der Waals surface area contributed by atoms with Crippen LogP contribution in [0.25, 0.3) is 0 Å². The molecule has 11 heteroatoms. The molecule has 0 radical (unpaired) electrons. The predicted molar refractivity (Wildman–Crippen MR) is 167 cm³/mol. The summed E-state index contributed by atoms with van der Waals surface area (Å²) in [5, 5.41) is 16.1. The van der Waals surface area contributed by atoms with Crippen LogP contribution in [0.4, 0.5) is 17.5 Å². The molecular weight excluding hydrogens is 556 g/mol. The van der Waals surface area contributed by atoms with E-state index in [9.17, 15) is 14.7 Å². The third-order valence-corrected chi connectivity index (χ3v) is 8.00. The number of anilines is 2. The number of amides is 2. The first kappa shape index (κ1) is 29.4. The molecule has 2 amide bonds. The third-order valence-electron chi connectivity index (χ3n) is 8.00. The van der Waals surface area contributed by atoms with Crippen molar-refractivity contribution in [2.45, 2.75) is 50.7 Å². The smallest absolute Gasteiger partial charge is 0.259 e. The Labute approximate surface area is 256 Å². The van der Waals surface area contributed by atoms with E-state index in [1.807, 2.05) is 36.2 Å². The molecule has 0 atom stereocenters. The van der Waals surface area contributed by atoms with Crippen molar-refractivity contribution in [1.29, 1.82) is 0 Å². The van der Waals surface area contributed by atoms with Crippen LogP contribution < -0.4 is 10.6 Å². The highest BCUT2D eigenvalue weighted by Gasteiger charge is 2.25. The molecule has 11 nitrogen and oxygen atoms in total. The van der Waals surface area contributed by atoms with E-state index in [1.54, 1.807) is 24.5 Å². The zero-order chi connectivity index (χ0) is 30.5. The molecule has 3 heterocycles. The van der Waals surface area contributed by atoms with Crippen molar-refractivity contribution in [3.05, 3.63) is 71.2 Å². The number of rotatable bonds is 6. The first-order chi connectivity index (χ1) is 21.4. The van der Waals surface area contributed by atoms with E-state index >= 15 is 0 Å². The molecule has 3 N–H and O–H groups in total. The Hall–Kier alpha value is -4.66. The molecule has 2 aliphatic carbocycles. The van der Waals surface area contributed by atoms with Gasteiger partial charge in [0.25, 0.3) is 11.8 Å². The molecule has 2 aromatic heterocycles. The van der Waals surface area contributed by atoms with Crippen LogP contribution in [0.15, 0.2) is 53.8 Å². The standard InChI is InChI=1S/C33H36N8O3/c1-40-16-18-41(19-17-40)32(44)29-21-35-33(39-30(29)36-24-10-12-28(42)13-11-24)38-26-5-2-22(3-6-26)4-7-27-20-23(14-15-34-27)31(43)37-25-8-9-25/h2-3,5-6,14-15,20-21,25,28,42H,8-13,16-19H2,1H3,(H,37,43)(H,35,38,39). The van der Waals surface area contributed by atoms with Gasteiger partial charge in [0.05, 0.1) is 6.10 Å². The Kier molecular flexibility index (Phi) is 8.91. The fraction of sp³-hybridized carbons (Fsp3) is 0.394. The van der Waals surface area contributed by atoms with Crippen molar-refractivity contribution in [2.24, 2.45) is 4.99 Å². The predicted octanol–water partition coefficient (Wildman–Crippen LogP) is 3.30. The van der Waals surface area contributed by atoms with Crippen LogP contribution in [0.1, 0.15) is 70.5 Å². The van der Waals surface area contributed by atoms with Gasteiger partial charge in [-0.25, -0.2) is 15.0 Å². The van der Waals surface area contributed by atoms with Gasteiger partial charge in [0, 0.05) is 67.1 Å². The third kappa shape index (κ3) is 7.64. The van der Waals surface area contributed by atoms with Crippen molar-refractivity contribution in [3.63, 3.8) is 0 Å². The van der Waals surface area contributed by atoms with Gasteiger partial charge in [-0.05, 0) is 87.9 Å². The van der Waals surface area contributed by atoms with E-state index in [0.717, 1.165) is 42.9 Å². The Balaban J connectivity index is 1.17. The maximum absolute atomic E-state index is 13.4. The minimum Gasteiger partial charge on any atom is -0.393 e. The van der Waals surface area contributed by atoms with E-state index in [4.69, 9.17) is 4.99 Å². The Bertz CT molecular complexity index is 1610. The van der Waals surface area contributed by atoms with E-state index in [2.05, 4.69) is 42.3 Å². The summed E-state index contributed by atoms with van der Waals surface area (Å²) in [7, 11) is 2.05. The van der Waals surface area contributed by atoms with E-state index in [1.165, 1.54) is 0 Å². The summed E-state index contributed by atoms with van der Waals surface area (Å²) in [4.78, 5) is 48.0. The maximum atomic E-state index is 13.4. The number of pyridine rings is 1. The summed E-state index contributed by atoms with van der Waals surface area (Å²) in [6.45, 7) is 2.91. The van der Waals surface area contributed by atoms with Crippen LogP contribution in [0, 0.1) is 11.8 Å². The highest BCUT2D eigenvalue weighted by atomic mass is 16.3. The Morgan fingerprint density at radius 1 is 0.977 bits per heavy atom. The van der Waals surface area contributed by atoms with Gasteiger partial charge in [-0.1, -0.05) is 5.92 Å². The number of nitrogens with zero attached hydrogens (tertiary/aromatic N) is 6. The molecule has 0 unspecified atom stereocenters. The zero-order valence-electron chi connectivity index (χ0n) is 24.8. The molecule has 0 bridgehead atoms. The summed E-state index contributed by atoms with van der Waals surface area (Å²) in [6.07, 6.45) is 7.56. The minimum atomic E-state index is -0.310. The second-order valence-corrected chi connectivity index (χ2v) is 11.6. The van der Waals surface area contributed by atoms with Gasteiger partial charge in [0.1, 0.15) is 11.3 Å². The number of piperazine rings is 1. The van der Waals surface area contributed by atoms with Crippen LogP contribution in [0.5, 0.6) is 0 Å². The molecule has 0 spiro atoms. The lowest BCUT2D eigenvalue weighted by atomic mass is 9.96. The van der Waals surface area contributed by atoms with Crippen LogP contribution in [0.2, 0.25) is 0 Å². The highest BCUT2D eigenvalue weighted by Crippen LogP contribution is 2.26. The number of nitrogens with one attached hydrogen (secondary N) is 2. The topological polar surface area (TPSA) is 136 Å². The molecule has 44 heavy (non-hydrogen) atoms.